The molecule has 1 fully saturated rings. The van der Waals surface area contributed by atoms with E-state index in [1.54, 1.807) is 0 Å². The largest absolute Gasteiger partial charge is 0.378 e. The number of rotatable bonds is 1. The molecule has 0 amide bonds. The molecule has 1 saturated heterocycles. The minimum Gasteiger partial charge on any atom is -0.378 e. The summed E-state index contributed by atoms with van der Waals surface area (Å²) < 4.78 is 5.01. The fraction of sp³-hybridized carbons (Fsp3) is 1.00. The highest BCUT2D eigenvalue weighted by molar-refractivity contribution is 4.67. The number of morpholine rings is 1. The van der Waals surface area contributed by atoms with Gasteiger partial charge in [-0.05, 0) is 0 Å². The Morgan fingerprint density at radius 2 is 2.62 bits per heavy atom. The lowest BCUT2D eigenvalue weighted by atomic mass is 10.3. The minimum atomic E-state index is -0.0694. The molecule has 3 heteroatoms. The van der Waals surface area contributed by atoms with E-state index in [-0.39, 0.29) is 12.6 Å². The molecule has 0 aromatic heterocycles. The van der Waals surface area contributed by atoms with Crippen LogP contribution >= 0.6 is 0 Å². The summed E-state index contributed by atoms with van der Waals surface area (Å²) in [6.07, 6.45) is 0. The van der Waals surface area contributed by atoms with Crippen LogP contribution in [0.25, 0.3) is 0 Å². The molecular weight excluding hydrogens is 106 g/mol. The van der Waals surface area contributed by atoms with Crippen molar-refractivity contribution in [2.45, 2.75) is 6.04 Å². The monoisotopic (exact) mass is 116 g/mol. The molecule has 0 bridgehead atoms. The van der Waals surface area contributed by atoms with Crippen molar-refractivity contribution < 1.29 is 9.84 Å². The lowest BCUT2D eigenvalue weighted by molar-refractivity contribution is 0.0386. The van der Waals surface area contributed by atoms with Gasteiger partial charge in [-0.3, -0.25) is 0 Å². The van der Waals surface area contributed by atoms with Gasteiger partial charge in [-0.1, -0.05) is 0 Å². The van der Waals surface area contributed by atoms with Gasteiger partial charge < -0.3 is 10.1 Å². The Kier molecular flexibility index (Phi) is 2.27. The molecule has 8 heavy (non-hydrogen) atoms. The van der Waals surface area contributed by atoms with Crippen LogP contribution in [0.5, 0.6) is 0 Å². The van der Waals surface area contributed by atoms with Crippen molar-refractivity contribution in [3.05, 3.63) is 0 Å². The first kappa shape index (κ1) is 6.01. The van der Waals surface area contributed by atoms with Crippen LogP contribution in [0.1, 0.15) is 0 Å². The third kappa shape index (κ3) is 1.43. The molecule has 1 unspecified atom stereocenters. The maximum absolute atomic E-state index is 10.1. The lowest BCUT2D eigenvalue weighted by Crippen LogP contribution is -2.43. The first-order valence-corrected chi connectivity index (χ1v) is 2.82. The SMILES string of the molecule is [O]CC1COCCN1. The Morgan fingerprint density at radius 3 is 3.00 bits per heavy atom. The molecule has 3 nitrogen and oxygen atoms in total. The Balaban J connectivity index is 2.13. The van der Waals surface area contributed by atoms with E-state index in [0.717, 1.165) is 13.2 Å². The quantitative estimate of drug-likeness (QED) is 0.497. The van der Waals surface area contributed by atoms with Crippen LogP contribution in [-0.4, -0.2) is 32.4 Å². The van der Waals surface area contributed by atoms with Crippen molar-refractivity contribution in [3.8, 4) is 0 Å². The minimum absolute atomic E-state index is 0.0590. The Hall–Kier alpha value is -0.120. The summed E-state index contributed by atoms with van der Waals surface area (Å²) in [4.78, 5) is 0. The van der Waals surface area contributed by atoms with Crippen molar-refractivity contribution >= 4 is 0 Å². The maximum Gasteiger partial charge on any atom is 0.0997 e. The molecule has 0 saturated carbocycles. The van der Waals surface area contributed by atoms with Crippen LogP contribution in [0.2, 0.25) is 0 Å². The van der Waals surface area contributed by atoms with E-state index in [2.05, 4.69) is 5.32 Å². The summed E-state index contributed by atoms with van der Waals surface area (Å²) >= 11 is 0. The first-order chi connectivity index (χ1) is 3.93. The third-order valence-electron chi connectivity index (χ3n) is 1.20. The highest BCUT2D eigenvalue weighted by Gasteiger charge is 2.10. The average molecular weight is 116 g/mol. The molecular formula is C5H10NO2. The van der Waals surface area contributed by atoms with Crippen LogP contribution in [0, 0.1) is 0 Å². The van der Waals surface area contributed by atoms with Gasteiger partial charge in [0, 0.05) is 6.54 Å². The van der Waals surface area contributed by atoms with Crippen LogP contribution in [-0.2, 0) is 9.84 Å². The summed E-state index contributed by atoms with van der Waals surface area (Å²) in [7, 11) is 0. The molecule has 1 heterocycles. The third-order valence-corrected chi connectivity index (χ3v) is 1.20. The van der Waals surface area contributed by atoms with Crippen molar-refractivity contribution in [2.75, 3.05) is 26.4 Å². The second-order valence-electron chi connectivity index (χ2n) is 1.89. The first-order valence-electron chi connectivity index (χ1n) is 2.82. The smallest absolute Gasteiger partial charge is 0.0997 e. The molecule has 0 spiro atoms. The van der Waals surface area contributed by atoms with Crippen molar-refractivity contribution in [1.29, 1.82) is 0 Å². The molecule has 1 radical (unpaired) electrons. The predicted octanol–water partition coefficient (Wildman–Crippen LogP) is -0.595. The highest BCUT2D eigenvalue weighted by Crippen LogP contribution is 1.89. The highest BCUT2D eigenvalue weighted by atomic mass is 16.5. The van der Waals surface area contributed by atoms with Gasteiger partial charge in [-0.15, -0.1) is 0 Å². The molecule has 0 aromatic rings. The molecule has 0 aromatic carbocycles. The van der Waals surface area contributed by atoms with Gasteiger partial charge in [0.05, 0.1) is 25.9 Å². The number of hydrogen-bond donors (Lipinski definition) is 1. The van der Waals surface area contributed by atoms with Crippen LogP contribution in [0.4, 0.5) is 0 Å². The van der Waals surface area contributed by atoms with Gasteiger partial charge in [0.15, 0.2) is 0 Å². The standard InChI is InChI=1S/C5H10NO2/c7-3-5-4-8-2-1-6-5/h5-6H,1-4H2. The van der Waals surface area contributed by atoms with E-state index in [1.807, 2.05) is 0 Å². The zero-order valence-electron chi connectivity index (χ0n) is 4.72. The number of ether oxygens (including phenoxy) is 1. The lowest BCUT2D eigenvalue weighted by Gasteiger charge is -2.20. The van der Waals surface area contributed by atoms with Gasteiger partial charge in [0.25, 0.3) is 0 Å². The van der Waals surface area contributed by atoms with Crippen molar-refractivity contribution in [1.82, 2.24) is 5.32 Å². The zero-order valence-corrected chi connectivity index (χ0v) is 4.72. The van der Waals surface area contributed by atoms with Crippen LogP contribution in [0.15, 0.2) is 0 Å². The Labute approximate surface area is 48.7 Å². The second-order valence-corrected chi connectivity index (χ2v) is 1.89. The normalized spacial score (nSPS) is 30.4. The summed E-state index contributed by atoms with van der Waals surface area (Å²) in [6.45, 7) is 2.09. The molecule has 1 atom stereocenters. The van der Waals surface area contributed by atoms with Gasteiger partial charge in [0.1, 0.15) is 0 Å². The fourth-order valence-electron chi connectivity index (χ4n) is 0.727. The summed E-state index contributed by atoms with van der Waals surface area (Å²) in [5, 5.41) is 13.2. The van der Waals surface area contributed by atoms with Gasteiger partial charge in [0.2, 0.25) is 0 Å². The predicted molar refractivity (Wildman–Crippen MR) is 28.2 cm³/mol. The van der Waals surface area contributed by atoms with E-state index in [1.165, 1.54) is 0 Å². The molecule has 1 rings (SSSR count). The Bertz CT molecular complexity index is 61.4. The maximum atomic E-state index is 10.1. The average Bonchev–Trinajstić information content (AvgIpc) is 1.90. The van der Waals surface area contributed by atoms with E-state index in [0.29, 0.717) is 6.61 Å². The molecule has 47 valence electrons. The number of hydrogen-bond acceptors (Lipinski definition) is 2. The summed E-state index contributed by atoms with van der Waals surface area (Å²) in [5.74, 6) is 0. The van der Waals surface area contributed by atoms with E-state index < -0.39 is 0 Å². The molecule has 1 aliphatic heterocycles. The Morgan fingerprint density at radius 1 is 1.75 bits per heavy atom. The molecule has 1 aliphatic rings. The van der Waals surface area contributed by atoms with Crippen molar-refractivity contribution in [3.63, 3.8) is 0 Å². The van der Waals surface area contributed by atoms with Crippen LogP contribution < -0.4 is 5.32 Å². The van der Waals surface area contributed by atoms with Crippen molar-refractivity contribution in [2.24, 2.45) is 0 Å². The number of nitrogens with one attached hydrogen (secondary N) is 1. The van der Waals surface area contributed by atoms with Gasteiger partial charge in [-0.2, -0.15) is 0 Å². The zero-order chi connectivity index (χ0) is 5.82. The second kappa shape index (κ2) is 3.02. The summed E-state index contributed by atoms with van der Waals surface area (Å²) in [5.41, 5.74) is 0. The van der Waals surface area contributed by atoms with E-state index >= 15 is 0 Å². The summed E-state index contributed by atoms with van der Waals surface area (Å²) in [6, 6.07) is 0.0590. The topological polar surface area (TPSA) is 41.2 Å². The van der Waals surface area contributed by atoms with E-state index in [9.17, 15) is 5.11 Å². The fourth-order valence-corrected chi connectivity index (χ4v) is 0.727. The molecule has 1 N–H and O–H groups in total. The molecule has 0 aliphatic carbocycles. The van der Waals surface area contributed by atoms with Crippen LogP contribution in [0.3, 0.4) is 0 Å². The van der Waals surface area contributed by atoms with E-state index in [4.69, 9.17) is 4.74 Å². The van der Waals surface area contributed by atoms with Gasteiger partial charge >= 0.3 is 0 Å². The van der Waals surface area contributed by atoms with Gasteiger partial charge in [-0.25, -0.2) is 5.11 Å².